The summed E-state index contributed by atoms with van der Waals surface area (Å²) in [6, 6.07) is 4.65. The third-order valence-electron chi connectivity index (χ3n) is 3.21. The van der Waals surface area contributed by atoms with Crippen LogP contribution in [-0.4, -0.2) is 4.98 Å². The smallest absolute Gasteiger partial charge is 0.0426 e. The predicted octanol–water partition coefficient (Wildman–Crippen LogP) is 3.92. The highest BCUT2D eigenvalue weighted by Gasteiger charge is 2.12. The van der Waals surface area contributed by atoms with Crippen LogP contribution in [0.5, 0.6) is 0 Å². The van der Waals surface area contributed by atoms with Crippen LogP contribution in [0.15, 0.2) is 22.9 Å². The molecular formula is C15H20N2S. The van der Waals surface area contributed by atoms with Crippen molar-refractivity contribution in [3.8, 4) is 0 Å². The third-order valence-corrected chi connectivity index (χ3v) is 3.94. The normalized spacial score (nSPS) is 12.7. The van der Waals surface area contributed by atoms with E-state index in [1.807, 2.05) is 6.92 Å². The Morgan fingerprint density at radius 3 is 2.72 bits per heavy atom. The topological polar surface area (TPSA) is 24.9 Å². The second-order valence-corrected chi connectivity index (χ2v) is 5.59. The van der Waals surface area contributed by atoms with E-state index >= 15 is 0 Å². The molecule has 0 fully saturated rings. The van der Waals surface area contributed by atoms with E-state index in [2.05, 4.69) is 54.0 Å². The molecule has 1 atom stereocenters. The second-order valence-electron chi connectivity index (χ2n) is 4.81. The van der Waals surface area contributed by atoms with Gasteiger partial charge in [-0.2, -0.15) is 11.3 Å². The minimum absolute atomic E-state index is 0.331. The van der Waals surface area contributed by atoms with Gasteiger partial charge in [0.05, 0.1) is 0 Å². The van der Waals surface area contributed by atoms with E-state index in [1.54, 1.807) is 11.3 Å². The summed E-state index contributed by atoms with van der Waals surface area (Å²) >= 11 is 1.74. The van der Waals surface area contributed by atoms with Crippen LogP contribution >= 0.6 is 11.3 Å². The van der Waals surface area contributed by atoms with Gasteiger partial charge in [-0.05, 0) is 67.3 Å². The van der Waals surface area contributed by atoms with E-state index in [0.29, 0.717) is 6.04 Å². The number of pyridine rings is 1. The van der Waals surface area contributed by atoms with Crippen LogP contribution in [0.25, 0.3) is 0 Å². The number of thiophene rings is 1. The first-order valence-electron chi connectivity index (χ1n) is 6.27. The highest BCUT2D eigenvalue weighted by atomic mass is 32.1. The van der Waals surface area contributed by atoms with Crippen molar-refractivity contribution in [2.75, 3.05) is 0 Å². The van der Waals surface area contributed by atoms with Gasteiger partial charge in [-0.15, -0.1) is 0 Å². The van der Waals surface area contributed by atoms with E-state index in [-0.39, 0.29) is 0 Å². The van der Waals surface area contributed by atoms with Crippen molar-refractivity contribution in [3.63, 3.8) is 0 Å². The van der Waals surface area contributed by atoms with E-state index in [1.165, 1.54) is 16.7 Å². The Morgan fingerprint density at radius 1 is 1.33 bits per heavy atom. The standard InChI is InChI=1S/C15H20N2S/c1-10-7-11(2)17-13(4)15(10)12(3)16-8-14-5-6-18-9-14/h5-7,9,12,16H,8H2,1-4H3. The van der Waals surface area contributed by atoms with Crippen molar-refractivity contribution in [1.82, 2.24) is 10.3 Å². The van der Waals surface area contributed by atoms with Crippen molar-refractivity contribution in [2.45, 2.75) is 40.3 Å². The minimum Gasteiger partial charge on any atom is -0.306 e. The molecule has 1 unspecified atom stereocenters. The molecule has 2 rings (SSSR count). The van der Waals surface area contributed by atoms with Crippen LogP contribution in [0.3, 0.4) is 0 Å². The fraction of sp³-hybridized carbons (Fsp3) is 0.400. The number of rotatable bonds is 4. The molecule has 0 aromatic carbocycles. The molecule has 0 saturated carbocycles. The molecule has 0 spiro atoms. The fourth-order valence-corrected chi connectivity index (χ4v) is 3.12. The molecule has 0 aliphatic carbocycles. The third kappa shape index (κ3) is 2.98. The monoisotopic (exact) mass is 260 g/mol. The van der Waals surface area contributed by atoms with E-state index in [9.17, 15) is 0 Å². The van der Waals surface area contributed by atoms with Gasteiger partial charge in [-0.1, -0.05) is 0 Å². The molecule has 2 aromatic heterocycles. The van der Waals surface area contributed by atoms with Gasteiger partial charge in [-0.25, -0.2) is 0 Å². The summed E-state index contributed by atoms with van der Waals surface area (Å²) in [5.41, 5.74) is 6.24. The Kier molecular flexibility index (Phi) is 4.15. The molecule has 2 nitrogen and oxygen atoms in total. The Bertz CT molecular complexity index is 494. The summed E-state index contributed by atoms with van der Waals surface area (Å²) in [5.74, 6) is 0. The predicted molar refractivity (Wildman–Crippen MR) is 78.0 cm³/mol. The maximum Gasteiger partial charge on any atom is 0.0426 e. The largest absolute Gasteiger partial charge is 0.306 e. The summed E-state index contributed by atoms with van der Waals surface area (Å²) in [7, 11) is 0. The Labute approximate surface area is 113 Å². The lowest BCUT2D eigenvalue weighted by molar-refractivity contribution is 0.567. The number of aromatic nitrogens is 1. The zero-order valence-corrected chi connectivity index (χ0v) is 12.3. The van der Waals surface area contributed by atoms with Crippen LogP contribution in [0.1, 0.15) is 41.0 Å². The highest BCUT2D eigenvalue weighted by Crippen LogP contribution is 2.21. The number of hydrogen-bond acceptors (Lipinski definition) is 3. The van der Waals surface area contributed by atoms with Crippen LogP contribution in [0.2, 0.25) is 0 Å². The number of hydrogen-bond donors (Lipinski definition) is 1. The SMILES string of the molecule is Cc1cc(C)c(C(C)NCc2ccsc2)c(C)n1. The van der Waals surface area contributed by atoms with Crippen molar-refractivity contribution in [2.24, 2.45) is 0 Å². The van der Waals surface area contributed by atoms with Gasteiger partial charge in [0.2, 0.25) is 0 Å². The van der Waals surface area contributed by atoms with Crippen LogP contribution < -0.4 is 5.32 Å². The Morgan fingerprint density at radius 2 is 2.11 bits per heavy atom. The van der Waals surface area contributed by atoms with Crippen LogP contribution in [-0.2, 0) is 6.54 Å². The lowest BCUT2D eigenvalue weighted by Crippen LogP contribution is -2.20. The van der Waals surface area contributed by atoms with Crippen molar-refractivity contribution in [1.29, 1.82) is 0 Å². The van der Waals surface area contributed by atoms with Gasteiger partial charge < -0.3 is 5.32 Å². The maximum absolute atomic E-state index is 4.56. The number of nitrogens with one attached hydrogen (secondary N) is 1. The van der Waals surface area contributed by atoms with Gasteiger partial charge in [0.15, 0.2) is 0 Å². The molecule has 0 aliphatic rings. The van der Waals surface area contributed by atoms with Crippen LogP contribution in [0.4, 0.5) is 0 Å². The fourth-order valence-electron chi connectivity index (χ4n) is 2.45. The first kappa shape index (κ1) is 13.2. The average molecular weight is 260 g/mol. The minimum atomic E-state index is 0.331. The molecule has 3 heteroatoms. The quantitative estimate of drug-likeness (QED) is 0.901. The van der Waals surface area contributed by atoms with Gasteiger partial charge >= 0.3 is 0 Å². The molecular weight excluding hydrogens is 240 g/mol. The molecule has 18 heavy (non-hydrogen) atoms. The van der Waals surface area contributed by atoms with E-state index < -0.39 is 0 Å². The summed E-state index contributed by atoms with van der Waals surface area (Å²) in [6.07, 6.45) is 0. The zero-order chi connectivity index (χ0) is 13.1. The summed E-state index contributed by atoms with van der Waals surface area (Å²) < 4.78 is 0. The zero-order valence-electron chi connectivity index (χ0n) is 11.4. The van der Waals surface area contributed by atoms with Gasteiger partial charge in [-0.3, -0.25) is 4.98 Å². The molecule has 0 saturated heterocycles. The van der Waals surface area contributed by atoms with Crippen molar-refractivity contribution < 1.29 is 0 Å². The lowest BCUT2D eigenvalue weighted by Gasteiger charge is -2.19. The summed E-state index contributed by atoms with van der Waals surface area (Å²) in [6.45, 7) is 9.43. The van der Waals surface area contributed by atoms with Gasteiger partial charge in [0.1, 0.15) is 0 Å². The molecule has 96 valence electrons. The van der Waals surface area contributed by atoms with E-state index in [0.717, 1.165) is 17.9 Å². The van der Waals surface area contributed by atoms with Gasteiger partial charge in [0.25, 0.3) is 0 Å². The molecule has 1 N–H and O–H groups in total. The molecule has 0 aliphatic heterocycles. The molecule has 2 heterocycles. The lowest BCUT2D eigenvalue weighted by atomic mass is 10.0. The molecule has 0 bridgehead atoms. The van der Waals surface area contributed by atoms with E-state index in [4.69, 9.17) is 0 Å². The Balaban J connectivity index is 2.11. The molecule has 0 amide bonds. The maximum atomic E-state index is 4.56. The van der Waals surface area contributed by atoms with Crippen molar-refractivity contribution in [3.05, 3.63) is 51.0 Å². The number of aryl methyl sites for hydroxylation is 3. The highest BCUT2D eigenvalue weighted by molar-refractivity contribution is 7.07. The van der Waals surface area contributed by atoms with Crippen molar-refractivity contribution >= 4 is 11.3 Å². The summed E-state index contributed by atoms with van der Waals surface area (Å²) in [5, 5.41) is 7.87. The second kappa shape index (κ2) is 5.63. The van der Waals surface area contributed by atoms with Gasteiger partial charge in [0, 0.05) is 24.0 Å². The first-order chi connectivity index (χ1) is 8.58. The molecule has 2 aromatic rings. The first-order valence-corrected chi connectivity index (χ1v) is 7.21. The van der Waals surface area contributed by atoms with Crippen LogP contribution in [0, 0.1) is 20.8 Å². The summed E-state index contributed by atoms with van der Waals surface area (Å²) in [4.78, 5) is 4.56. The number of nitrogens with zero attached hydrogens (tertiary/aromatic N) is 1. The molecule has 0 radical (unpaired) electrons. The Hall–Kier alpha value is -1.19. The average Bonchev–Trinajstić information content (AvgIpc) is 2.77.